The predicted molar refractivity (Wildman–Crippen MR) is 97.4 cm³/mol. The molecule has 1 aromatic carbocycles. The van der Waals surface area contributed by atoms with Crippen LogP contribution in [0.15, 0.2) is 29.3 Å². The fourth-order valence-electron chi connectivity index (χ4n) is 2.72. The van der Waals surface area contributed by atoms with Gasteiger partial charge < -0.3 is 4.90 Å². The predicted octanol–water partition coefficient (Wildman–Crippen LogP) is 4.70. The molecular formula is C17H25N3O2S. The summed E-state index contributed by atoms with van der Waals surface area (Å²) in [4.78, 5) is 17.5. The third kappa shape index (κ3) is 4.96. The van der Waals surface area contributed by atoms with Crippen LogP contribution in [0.2, 0.25) is 0 Å². The Kier molecular flexibility index (Phi) is 6.04. The molecule has 1 aliphatic rings. The van der Waals surface area contributed by atoms with Crippen molar-refractivity contribution in [3.63, 3.8) is 0 Å². The number of benzene rings is 1. The normalized spacial score (nSPS) is 20.0. The standard InChI is InChI=1S/C17H25N3O2S/c1-12(2)9-16-11-23-17(19(16)10-13(3)4)18-14-5-7-15(8-6-14)20(21)22/h5-8,12-13,16H,9-11H2,1-4H3/t16-/m0/s1. The summed E-state index contributed by atoms with van der Waals surface area (Å²) in [6.45, 7) is 9.95. The van der Waals surface area contributed by atoms with E-state index in [1.54, 1.807) is 23.9 Å². The van der Waals surface area contributed by atoms with Crippen molar-refractivity contribution in [2.75, 3.05) is 12.3 Å². The number of non-ortho nitro benzene ring substituents is 1. The Morgan fingerprint density at radius 3 is 2.43 bits per heavy atom. The average Bonchev–Trinajstić information content (AvgIpc) is 2.81. The maximum absolute atomic E-state index is 10.7. The highest BCUT2D eigenvalue weighted by Gasteiger charge is 2.30. The summed E-state index contributed by atoms with van der Waals surface area (Å²) in [7, 11) is 0. The van der Waals surface area contributed by atoms with Crippen LogP contribution in [0.5, 0.6) is 0 Å². The Hall–Kier alpha value is -1.56. The summed E-state index contributed by atoms with van der Waals surface area (Å²) < 4.78 is 0. The maximum Gasteiger partial charge on any atom is 0.269 e. The molecule has 1 saturated heterocycles. The molecule has 23 heavy (non-hydrogen) atoms. The Morgan fingerprint density at radius 2 is 1.91 bits per heavy atom. The number of amidine groups is 1. The first-order valence-electron chi connectivity index (χ1n) is 8.09. The van der Waals surface area contributed by atoms with Crippen molar-refractivity contribution >= 4 is 28.3 Å². The van der Waals surface area contributed by atoms with E-state index in [4.69, 9.17) is 4.99 Å². The molecule has 0 aromatic heterocycles. The van der Waals surface area contributed by atoms with Crippen molar-refractivity contribution in [3.8, 4) is 0 Å². The van der Waals surface area contributed by atoms with Gasteiger partial charge in [-0.15, -0.1) is 0 Å². The van der Waals surface area contributed by atoms with Gasteiger partial charge in [0.1, 0.15) is 0 Å². The molecule has 6 heteroatoms. The first-order chi connectivity index (χ1) is 10.9. The Bertz CT molecular complexity index is 570. The SMILES string of the molecule is CC(C)C[C@H]1CSC(=Nc2ccc([N+](=O)[O-])cc2)N1CC(C)C. The highest BCUT2D eigenvalue weighted by atomic mass is 32.2. The van der Waals surface area contributed by atoms with Gasteiger partial charge in [0, 0.05) is 30.5 Å². The molecule has 0 N–H and O–H groups in total. The van der Waals surface area contributed by atoms with Gasteiger partial charge in [0.25, 0.3) is 5.69 Å². The molecular weight excluding hydrogens is 310 g/mol. The lowest BCUT2D eigenvalue weighted by atomic mass is 10.0. The van der Waals surface area contributed by atoms with Gasteiger partial charge in [-0.05, 0) is 30.4 Å². The van der Waals surface area contributed by atoms with Crippen molar-refractivity contribution in [2.24, 2.45) is 16.8 Å². The van der Waals surface area contributed by atoms with E-state index in [1.165, 1.54) is 18.6 Å². The summed E-state index contributed by atoms with van der Waals surface area (Å²) in [5, 5.41) is 11.8. The lowest BCUT2D eigenvalue weighted by Crippen LogP contribution is -2.37. The van der Waals surface area contributed by atoms with Crippen LogP contribution in [0.25, 0.3) is 0 Å². The summed E-state index contributed by atoms with van der Waals surface area (Å²) >= 11 is 1.79. The van der Waals surface area contributed by atoms with E-state index in [2.05, 4.69) is 32.6 Å². The van der Waals surface area contributed by atoms with Gasteiger partial charge >= 0.3 is 0 Å². The zero-order chi connectivity index (χ0) is 17.0. The maximum atomic E-state index is 10.7. The quantitative estimate of drug-likeness (QED) is 0.558. The number of nitrogens with zero attached hydrogens (tertiary/aromatic N) is 3. The zero-order valence-electron chi connectivity index (χ0n) is 14.2. The van der Waals surface area contributed by atoms with Crippen molar-refractivity contribution < 1.29 is 4.92 Å². The van der Waals surface area contributed by atoms with Gasteiger partial charge in [-0.2, -0.15) is 0 Å². The van der Waals surface area contributed by atoms with Crippen LogP contribution >= 0.6 is 11.8 Å². The Morgan fingerprint density at radius 1 is 1.26 bits per heavy atom. The molecule has 5 nitrogen and oxygen atoms in total. The number of nitro groups is 1. The second kappa shape index (κ2) is 7.81. The second-order valence-electron chi connectivity index (χ2n) is 6.81. The molecule has 0 unspecified atom stereocenters. The molecule has 1 heterocycles. The van der Waals surface area contributed by atoms with Gasteiger partial charge in [0.05, 0.1) is 10.6 Å². The van der Waals surface area contributed by atoms with Crippen LogP contribution in [0, 0.1) is 22.0 Å². The first kappa shape index (κ1) is 17.8. The molecule has 1 fully saturated rings. The van der Waals surface area contributed by atoms with E-state index < -0.39 is 0 Å². The summed E-state index contributed by atoms with van der Waals surface area (Å²) in [6.07, 6.45) is 1.17. The highest BCUT2D eigenvalue weighted by molar-refractivity contribution is 8.14. The summed E-state index contributed by atoms with van der Waals surface area (Å²) in [6, 6.07) is 6.98. The number of aliphatic imine (C=N–C) groups is 1. The minimum atomic E-state index is -0.384. The third-order valence-electron chi connectivity index (χ3n) is 3.68. The van der Waals surface area contributed by atoms with Crippen LogP contribution in [-0.4, -0.2) is 33.3 Å². The molecule has 1 aliphatic heterocycles. The van der Waals surface area contributed by atoms with Crippen LogP contribution in [0.3, 0.4) is 0 Å². The second-order valence-corrected chi connectivity index (χ2v) is 7.80. The van der Waals surface area contributed by atoms with Gasteiger partial charge in [-0.25, -0.2) is 4.99 Å². The van der Waals surface area contributed by atoms with Crippen LogP contribution < -0.4 is 0 Å². The lowest BCUT2D eigenvalue weighted by Gasteiger charge is -2.28. The number of nitro benzene ring substituents is 1. The van der Waals surface area contributed by atoms with E-state index in [0.29, 0.717) is 17.9 Å². The monoisotopic (exact) mass is 335 g/mol. The topological polar surface area (TPSA) is 58.7 Å². The van der Waals surface area contributed by atoms with E-state index >= 15 is 0 Å². The van der Waals surface area contributed by atoms with Gasteiger partial charge in [-0.3, -0.25) is 10.1 Å². The molecule has 0 bridgehead atoms. The Balaban J connectivity index is 2.19. The first-order valence-corrected chi connectivity index (χ1v) is 9.08. The van der Waals surface area contributed by atoms with Crippen LogP contribution in [0.1, 0.15) is 34.1 Å². The number of rotatable bonds is 6. The van der Waals surface area contributed by atoms with Crippen molar-refractivity contribution in [1.82, 2.24) is 4.90 Å². The smallest absolute Gasteiger partial charge is 0.269 e. The highest BCUT2D eigenvalue weighted by Crippen LogP contribution is 2.31. The minimum absolute atomic E-state index is 0.102. The minimum Gasteiger partial charge on any atom is -0.347 e. The third-order valence-corrected chi connectivity index (χ3v) is 4.82. The van der Waals surface area contributed by atoms with Crippen LogP contribution in [-0.2, 0) is 0 Å². The van der Waals surface area contributed by atoms with Crippen molar-refractivity contribution in [1.29, 1.82) is 0 Å². The van der Waals surface area contributed by atoms with Crippen LogP contribution in [0.4, 0.5) is 11.4 Å². The van der Waals surface area contributed by atoms with Crippen molar-refractivity contribution in [2.45, 2.75) is 40.2 Å². The van der Waals surface area contributed by atoms with E-state index in [0.717, 1.165) is 23.2 Å². The summed E-state index contributed by atoms with van der Waals surface area (Å²) in [5.41, 5.74) is 0.877. The van der Waals surface area contributed by atoms with E-state index in [1.807, 2.05) is 0 Å². The average molecular weight is 335 g/mol. The molecule has 0 amide bonds. The Labute approximate surface area is 142 Å². The van der Waals surface area contributed by atoms with E-state index in [9.17, 15) is 10.1 Å². The fraction of sp³-hybridized carbons (Fsp3) is 0.588. The van der Waals surface area contributed by atoms with Crippen molar-refractivity contribution in [3.05, 3.63) is 34.4 Å². The molecule has 0 saturated carbocycles. The molecule has 0 aliphatic carbocycles. The fourth-order valence-corrected chi connectivity index (χ4v) is 3.93. The number of hydrogen-bond donors (Lipinski definition) is 0. The number of hydrogen-bond acceptors (Lipinski definition) is 4. The van der Waals surface area contributed by atoms with Gasteiger partial charge in [0.2, 0.25) is 0 Å². The number of thioether (sulfide) groups is 1. The van der Waals surface area contributed by atoms with Gasteiger partial charge in [0.15, 0.2) is 5.17 Å². The zero-order valence-corrected chi connectivity index (χ0v) is 15.0. The molecule has 1 atom stereocenters. The molecule has 1 aromatic rings. The molecule has 2 rings (SSSR count). The van der Waals surface area contributed by atoms with Gasteiger partial charge in [-0.1, -0.05) is 39.5 Å². The molecule has 126 valence electrons. The lowest BCUT2D eigenvalue weighted by molar-refractivity contribution is -0.384. The summed E-state index contributed by atoms with van der Waals surface area (Å²) in [5.74, 6) is 2.30. The van der Waals surface area contributed by atoms with E-state index in [-0.39, 0.29) is 10.6 Å². The molecule has 0 spiro atoms. The molecule has 0 radical (unpaired) electrons. The largest absolute Gasteiger partial charge is 0.347 e.